The van der Waals surface area contributed by atoms with E-state index < -0.39 is 4.92 Å². The van der Waals surface area contributed by atoms with Gasteiger partial charge in [0.25, 0.3) is 0 Å². The van der Waals surface area contributed by atoms with Crippen molar-refractivity contribution >= 4 is 11.5 Å². The first-order chi connectivity index (χ1) is 8.16. The molecule has 0 saturated carbocycles. The predicted octanol–water partition coefficient (Wildman–Crippen LogP) is 0.730. The Morgan fingerprint density at radius 1 is 1.59 bits per heavy atom. The molecule has 88 valence electrons. The summed E-state index contributed by atoms with van der Waals surface area (Å²) >= 11 is 0. The third-order valence-electron chi connectivity index (χ3n) is 2.09. The van der Waals surface area contributed by atoms with Crippen molar-refractivity contribution in [3.05, 3.63) is 40.6 Å². The minimum absolute atomic E-state index is 0.0541. The molecule has 17 heavy (non-hydrogen) atoms. The van der Waals surface area contributed by atoms with Crippen molar-refractivity contribution < 1.29 is 4.92 Å². The van der Waals surface area contributed by atoms with Crippen LogP contribution in [0.2, 0.25) is 0 Å². The standard InChI is InChI=1S/C9H10N6O2/c1-14-5-8(15(16)17)9(13-14)11-4-7-2-3-10-6-12-7/h2-3,5-6H,4H2,1H3,(H,11,13). The van der Waals surface area contributed by atoms with E-state index in [1.807, 2.05) is 0 Å². The zero-order chi connectivity index (χ0) is 12.3. The fourth-order valence-electron chi connectivity index (χ4n) is 1.33. The maximum Gasteiger partial charge on any atom is 0.330 e. The number of anilines is 1. The Hall–Kier alpha value is -2.51. The van der Waals surface area contributed by atoms with Crippen LogP contribution in [0, 0.1) is 10.1 Å². The lowest BCUT2D eigenvalue weighted by molar-refractivity contribution is -0.384. The zero-order valence-corrected chi connectivity index (χ0v) is 9.07. The summed E-state index contributed by atoms with van der Waals surface area (Å²) in [6.07, 6.45) is 4.38. The molecule has 0 saturated heterocycles. The average Bonchev–Trinajstić information content (AvgIpc) is 2.69. The number of aryl methyl sites for hydroxylation is 1. The van der Waals surface area contributed by atoms with E-state index in [2.05, 4.69) is 20.4 Å². The monoisotopic (exact) mass is 234 g/mol. The summed E-state index contributed by atoms with van der Waals surface area (Å²) in [6.45, 7) is 0.361. The molecule has 0 aromatic carbocycles. The van der Waals surface area contributed by atoms with Crippen molar-refractivity contribution in [2.24, 2.45) is 7.05 Å². The van der Waals surface area contributed by atoms with Crippen LogP contribution in [0.25, 0.3) is 0 Å². The molecule has 2 aromatic rings. The first-order valence-electron chi connectivity index (χ1n) is 4.83. The Morgan fingerprint density at radius 2 is 2.41 bits per heavy atom. The Balaban J connectivity index is 2.11. The summed E-state index contributed by atoms with van der Waals surface area (Å²) in [4.78, 5) is 18.0. The number of hydrogen-bond acceptors (Lipinski definition) is 6. The van der Waals surface area contributed by atoms with E-state index in [4.69, 9.17) is 0 Å². The van der Waals surface area contributed by atoms with E-state index in [-0.39, 0.29) is 11.5 Å². The molecular weight excluding hydrogens is 224 g/mol. The van der Waals surface area contributed by atoms with E-state index >= 15 is 0 Å². The number of aromatic nitrogens is 4. The highest BCUT2D eigenvalue weighted by Crippen LogP contribution is 2.21. The Morgan fingerprint density at radius 3 is 3.06 bits per heavy atom. The zero-order valence-electron chi connectivity index (χ0n) is 9.07. The van der Waals surface area contributed by atoms with Gasteiger partial charge < -0.3 is 5.32 Å². The van der Waals surface area contributed by atoms with Crippen LogP contribution in [0.1, 0.15) is 5.69 Å². The van der Waals surface area contributed by atoms with Crippen molar-refractivity contribution in [3.63, 3.8) is 0 Å². The van der Waals surface area contributed by atoms with Gasteiger partial charge in [-0.3, -0.25) is 14.8 Å². The molecule has 0 bridgehead atoms. The summed E-state index contributed by atoms with van der Waals surface area (Å²) in [7, 11) is 1.63. The van der Waals surface area contributed by atoms with Gasteiger partial charge in [-0.05, 0) is 6.07 Å². The van der Waals surface area contributed by atoms with E-state index in [1.165, 1.54) is 17.2 Å². The van der Waals surface area contributed by atoms with E-state index in [0.717, 1.165) is 5.69 Å². The first-order valence-corrected chi connectivity index (χ1v) is 4.83. The van der Waals surface area contributed by atoms with Gasteiger partial charge in [0.2, 0.25) is 5.82 Å². The fraction of sp³-hybridized carbons (Fsp3) is 0.222. The Labute approximate surface area is 96.5 Å². The largest absolute Gasteiger partial charge is 0.357 e. The minimum atomic E-state index is -0.477. The summed E-state index contributed by atoms with van der Waals surface area (Å²) in [5.74, 6) is 0.233. The van der Waals surface area contributed by atoms with Gasteiger partial charge in [-0.2, -0.15) is 0 Å². The molecule has 0 spiro atoms. The van der Waals surface area contributed by atoms with Gasteiger partial charge in [-0.15, -0.1) is 5.10 Å². The van der Waals surface area contributed by atoms with E-state index in [9.17, 15) is 10.1 Å². The van der Waals surface area contributed by atoms with E-state index in [1.54, 1.807) is 19.3 Å². The minimum Gasteiger partial charge on any atom is -0.357 e. The normalized spacial score (nSPS) is 10.2. The van der Waals surface area contributed by atoms with Crippen molar-refractivity contribution in [2.75, 3.05) is 5.32 Å². The van der Waals surface area contributed by atoms with E-state index in [0.29, 0.717) is 6.54 Å². The van der Waals surface area contributed by atoms with Gasteiger partial charge in [-0.1, -0.05) is 0 Å². The van der Waals surface area contributed by atoms with Crippen molar-refractivity contribution in [3.8, 4) is 0 Å². The molecule has 0 aliphatic rings. The first kappa shape index (κ1) is 11.0. The molecule has 2 heterocycles. The number of hydrogen-bond donors (Lipinski definition) is 1. The van der Waals surface area contributed by atoms with Crippen LogP contribution < -0.4 is 5.32 Å². The second-order valence-electron chi connectivity index (χ2n) is 3.35. The molecule has 0 aliphatic carbocycles. The number of nitrogens with one attached hydrogen (secondary N) is 1. The van der Waals surface area contributed by atoms with Crippen molar-refractivity contribution in [2.45, 2.75) is 6.54 Å². The van der Waals surface area contributed by atoms with Crippen LogP contribution in [0.5, 0.6) is 0 Å². The fourth-order valence-corrected chi connectivity index (χ4v) is 1.33. The number of nitrogens with zero attached hydrogens (tertiary/aromatic N) is 5. The lowest BCUT2D eigenvalue weighted by atomic mass is 10.4. The predicted molar refractivity (Wildman–Crippen MR) is 59.2 cm³/mol. The molecule has 2 aromatic heterocycles. The van der Waals surface area contributed by atoms with Crippen LogP contribution in [0.4, 0.5) is 11.5 Å². The van der Waals surface area contributed by atoms with Crippen LogP contribution in [-0.2, 0) is 13.6 Å². The van der Waals surface area contributed by atoms with Gasteiger partial charge in [-0.25, -0.2) is 9.97 Å². The highest BCUT2D eigenvalue weighted by atomic mass is 16.6. The molecule has 8 heteroatoms. The summed E-state index contributed by atoms with van der Waals surface area (Å²) in [5, 5.41) is 17.6. The molecule has 0 unspecified atom stereocenters. The SMILES string of the molecule is Cn1cc([N+](=O)[O-])c(NCc2ccncn2)n1. The average molecular weight is 234 g/mol. The lowest BCUT2D eigenvalue weighted by Crippen LogP contribution is -2.04. The molecular formula is C9H10N6O2. The van der Waals surface area contributed by atoms with Gasteiger partial charge in [0.1, 0.15) is 12.5 Å². The third-order valence-corrected chi connectivity index (χ3v) is 2.09. The number of nitro groups is 1. The van der Waals surface area contributed by atoms with Crippen LogP contribution in [0.15, 0.2) is 24.8 Å². The second kappa shape index (κ2) is 4.56. The smallest absolute Gasteiger partial charge is 0.330 e. The van der Waals surface area contributed by atoms with Gasteiger partial charge >= 0.3 is 5.69 Å². The molecule has 0 aliphatic heterocycles. The molecule has 8 nitrogen and oxygen atoms in total. The molecule has 2 rings (SSSR count). The molecule has 0 radical (unpaired) electrons. The van der Waals surface area contributed by atoms with Crippen LogP contribution >= 0.6 is 0 Å². The lowest BCUT2D eigenvalue weighted by Gasteiger charge is -2.01. The summed E-state index contributed by atoms with van der Waals surface area (Å²) in [5.41, 5.74) is 0.682. The topological polar surface area (TPSA) is 98.8 Å². The molecule has 0 fully saturated rings. The third kappa shape index (κ3) is 2.54. The van der Waals surface area contributed by atoms with Crippen molar-refractivity contribution in [1.29, 1.82) is 0 Å². The maximum absolute atomic E-state index is 10.7. The Kier molecular flexibility index (Phi) is 2.95. The molecule has 1 N–H and O–H groups in total. The van der Waals surface area contributed by atoms with Crippen LogP contribution in [-0.4, -0.2) is 24.7 Å². The van der Waals surface area contributed by atoms with Gasteiger partial charge in [0.15, 0.2) is 0 Å². The van der Waals surface area contributed by atoms with Gasteiger partial charge in [0, 0.05) is 13.2 Å². The summed E-state index contributed by atoms with van der Waals surface area (Å²) < 4.78 is 1.39. The Bertz CT molecular complexity index is 524. The highest BCUT2D eigenvalue weighted by molar-refractivity contribution is 5.54. The molecule has 0 atom stereocenters. The maximum atomic E-state index is 10.7. The van der Waals surface area contributed by atoms with Gasteiger partial charge in [0.05, 0.1) is 17.2 Å². The number of rotatable bonds is 4. The molecule has 0 amide bonds. The van der Waals surface area contributed by atoms with Crippen LogP contribution in [0.3, 0.4) is 0 Å². The van der Waals surface area contributed by atoms with Crippen molar-refractivity contribution in [1.82, 2.24) is 19.7 Å². The second-order valence-corrected chi connectivity index (χ2v) is 3.35. The highest BCUT2D eigenvalue weighted by Gasteiger charge is 2.17. The summed E-state index contributed by atoms with van der Waals surface area (Å²) in [6, 6.07) is 1.72. The quantitative estimate of drug-likeness (QED) is 0.618.